The summed E-state index contributed by atoms with van der Waals surface area (Å²) >= 11 is 0. The Balaban J connectivity index is 2.19. The number of hydrogen-bond acceptors (Lipinski definition) is 4. The largest absolute Gasteiger partial charge is 0.692 e. The number of aromatic nitrogens is 3. The van der Waals surface area contributed by atoms with E-state index in [1.807, 2.05) is 0 Å². The molecule has 1 aromatic heterocycles. The van der Waals surface area contributed by atoms with Gasteiger partial charge in [-0.3, -0.25) is 0 Å². The van der Waals surface area contributed by atoms with Crippen molar-refractivity contribution in [2.45, 2.75) is 6.42 Å². The van der Waals surface area contributed by atoms with E-state index in [0.29, 0.717) is 28.0 Å². The second-order valence-corrected chi connectivity index (χ2v) is 4.45. The Hall–Kier alpha value is -2.60. The number of phenolic OH excluding ortho intramolecular Hbond substituents is 1. The lowest BCUT2D eigenvalue weighted by molar-refractivity contribution is -0.664. The zero-order valence-electron chi connectivity index (χ0n) is 10.6. The van der Waals surface area contributed by atoms with Crippen LogP contribution < -0.4 is 4.85 Å². The van der Waals surface area contributed by atoms with Crippen LogP contribution in [0.1, 0.15) is 5.56 Å². The molecule has 0 bridgehead atoms. The number of aromatic hydroxyl groups is 1. The average Bonchev–Trinajstić information content (AvgIpc) is 2.79. The number of phenols is 1. The summed E-state index contributed by atoms with van der Waals surface area (Å²) in [5.74, 6) is -0.0379. The number of aliphatic hydroxyl groups is 1. The molecule has 6 nitrogen and oxygen atoms in total. The molecule has 0 saturated carbocycles. The Labute approximate surface area is 114 Å². The standard InChI is InChI=1S/C14H13N3O3/c18-8-7-10-5-6-14(19)13(9-10)16-15-11-3-1-2-4-12(11)17(16)20/h1-6,9,18-19H,7-8H2. The van der Waals surface area contributed by atoms with Crippen LogP contribution in [0.5, 0.6) is 5.75 Å². The molecule has 2 aromatic carbocycles. The van der Waals surface area contributed by atoms with Crippen LogP contribution in [0.15, 0.2) is 42.5 Å². The minimum Gasteiger partial charge on any atom is -0.692 e. The summed E-state index contributed by atoms with van der Waals surface area (Å²) in [6.07, 6.45) is 0.451. The molecule has 0 aliphatic heterocycles. The molecule has 0 amide bonds. The minimum absolute atomic E-state index is 0.00265. The maximum absolute atomic E-state index is 12.2. The highest BCUT2D eigenvalue weighted by Gasteiger charge is 2.18. The number of benzene rings is 2. The number of para-hydroxylation sites is 1. The van der Waals surface area contributed by atoms with Gasteiger partial charge in [0.15, 0.2) is 5.69 Å². The second kappa shape index (κ2) is 4.82. The number of rotatable bonds is 3. The average molecular weight is 271 g/mol. The highest BCUT2D eigenvalue weighted by atomic mass is 16.5. The zero-order valence-corrected chi connectivity index (χ0v) is 10.6. The van der Waals surface area contributed by atoms with Gasteiger partial charge in [-0.05, 0) is 41.0 Å². The molecule has 0 saturated heterocycles. The van der Waals surface area contributed by atoms with Crippen molar-refractivity contribution in [3.63, 3.8) is 0 Å². The van der Waals surface area contributed by atoms with Crippen molar-refractivity contribution in [2.75, 3.05) is 6.61 Å². The molecule has 0 fully saturated rings. The third-order valence-corrected chi connectivity index (χ3v) is 3.12. The van der Waals surface area contributed by atoms with Crippen LogP contribution >= 0.6 is 0 Å². The number of hydrogen-bond donors (Lipinski definition) is 2. The Morgan fingerprint density at radius 3 is 2.75 bits per heavy atom. The van der Waals surface area contributed by atoms with Gasteiger partial charge in [-0.2, -0.15) is 0 Å². The number of aliphatic hydroxyl groups excluding tert-OH is 1. The lowest BCUT2D eigenvalue weighted by Gasteiger charge is -2.07. The van der Waals surface area contributed by atoms with Crippen LogP contribution in [0.3, 0.4) is 0 Å². The molecule has 1 heterocycles. The maximum Gasteiger partial charge on any atom is 0.250 e. The van der Waals surface area contributed by atoms with E-state index < -0.39 is 0 Å². The second-order valence-electron chi connectivity index (χ2n) is 4.45. The van der Waals surface area contributed by atoms with Crippen LogP contribution in [0.4, 0.5) is 0 Å². The van der Waals surface area contributed by atoms with E-state index in [4.69, 9.17) is 5.11 Å². The van der Waals surface area contributed by atoms with Crippen molar-refractivity contribution < 1.29 is 15.1 Å². The van der Waals surface area contributed by atoms with Crippen molar-refractivity contribution in [3.8, 4) is 11.4 Å². The minimum atomic E-state index is -0.0379. The Bertz CT molecular complexity index is 767. The molecule has 6 heteroatoms. The van der Waals surface area contributed by atoms with E-state index in [1.54, 1.807) is 36.4 Å². The SMILES string of the molecule is [O-][n+]1c2ccccc2nn1-c1cc(CCO)ccc1O. The summed E-state index contributed by atoms with van der Waals surface area (Å²) in [5.41, 5.74) is 2.09. The van der Waals surface area contributed by atoms with Crippen molar-refractivity contribution in [1.29, 1.82) is 0 Å². The summed E-state index contributed by atoms with van der Waals surface area (Å²) < 4.78 is 0. The molecule has 0 unspecified atom stereocenters. The van der Waals surface area contributed by atoms with E-state index >= 15 is 0 Å². The highest BCUT2D eigenvalue weighted by Crippen LogP contribution is 2.22. The fourth-order valence-electron chi connectivity index (χ4n) is 2.12. The Kier molecular flexibility index (Phi) is 3.00. The molecule has 2 N–H and O–H groups in total. The topological polar surface area (TPSA) is 85.2 Å². The summed E-state index contributed by atoms with van der Waals surface area (Å²) in [5, 5.41) is 35.3. The molecule has 102 valence electrons. The fourth-order valence-corrected chi connectivity index (χ4v) is 2.12. The molecule has 0 spiro atoms. The fraction of sp³-hybridized carbons (Fsp3) is 0.143. The number of fused-ring (bicyclic) bond motifs is 1. The third kappa shape index (κ3) is 1.96. The Morgan fingerprint density at radius 1 is 1.20 bits per heavy atom. The quantitative estimate of drug-likeness (QED) is 0.547. The molecular weight excluding hydrogens is 258 g/mol. The maximum atomic E-state index is 12.2. The van der Waals surface area contributed by atoms with Gasteiger partial charge in [-0.25, -0.2) is 0 Å². The first-order chi connectivity index (χ1) is 9.70. The van der Waals surface area contributed by atoms with Crippen LogP contribution in [-0.4, -0.2) is 26.7 Å². The molecule has 0 aliphatic rings. The van der Waals surface area contributed by atoms with E-state index in [2.05, 4.69) is 5.10 Å². The molecule has 0 atom stereocenters. The van der Waals surface area contributed by atoms with Crippen molar-refractivity contribution in [2.24, 2.45) is 0 Å². The predicted molar refractivity (Wildman–Crippen MR) is 72.5 cm³/mol. The molecule has 0 radical (unpaired) electrons. The van der Waals surface area contributed by atoms with Gasteiger partial charge < -0.3 is 15.4 Å². The highest BCUT2D eigenvalue weighted by molar-refractivity contribution is 5.70. The van der Waals surface area contributed by atoms with Gasteiger partial charge in [0, 0.05) is 6.61 Å². The zero-order chi connectivity index (χ0) is 14.1. The van der Waals surface area contributed by atoms with E-state index in [-0.39, 0.29) is 12.4 Å². The lowest BCUT2D eigenvalue weighted by Crippen LogP contribution is -2.37. The first-order valence-electron chi connectivity index (χ1n) is 6.21. The first-order valence-corrected chi connectivity index (χ1v) is 6.21. The van der Waals surface area contributed by atoms with Crippen molar-refractivity contribution in [1.82, 2.24) is 9.90 Å². The molecule has 20 heavy (non-hydrogen) atoms. The molecule has 3 rings (SSSR count). The lowest BCUT2D eigenvalue weighted by atomic mass is 10.1. The summed E-state index contributed by atoms with van der Waals surface area (Å²) in [6.45, 7) is 0.00265. The molecular formula is C14H13N3O3. The van der Waals surface area contributed by atoms with Crippen LogP contribution in [0, 0.1) is 5.21 Å². The van der Waals surface area contributed by atoms with Gasteiger partial charge in [-0.1, -0.05) is 18.2 Å². The predicted octanol–water partition coefficient (Wildman–Crippen LogP) is 0.899. The third-order valence-electron chi connectivity index (χ3n) is 3.12. The first kappa shape index (κ1) is 12.4. The Morgan fingerprint density at radius 2 is 2.00 bits per heavy atom. The smallest absolute Gasteiger partial charge is 0.250 e. The van der Waals surface area contributed by atoms with Crippen molar-refractivity contribution >= 4 is 11.0 Å². The normalized spacial score (nSPS) is 11.1. The van der Waals surface area contributed by atoms with Gasteiger partial charge >= 0.3 is 0 Å². The van der Waals surface area contributed by atoms with E-state index in [9.17, 15) is 10.3 Å². The van der Waals surface area contributed by atoms with Gasteiger partial charge in [-0.15, -0.1) is 4.85 Å². The van der Waals surface area contributed by atoms with E-state index in [1.165, 1.54) is 6.07 Å². The van der Waals surface area contributed by atoms with Gasteiger partial charge in [0.2, 0.25) is 11.0 Å². The molecule has 3 aromatic rings. The van der Waals surface area contributed by atoms with Crippen LogP contribution in [0.2, 0.25) is 0 Å². The van der Waals surface area contributed by atoms with Crippen molar-refractivity contribution in [3.05, 3.63) is 53.2 Å². The summed E-state index contributed by atoms with van der Waals surface area (Å²) in [6, 6.07) is 11.8. The monoisotopic (exact) mass is 271 g/mol. The molecule has 0 aliphatic carbocycles. The van der Waals surface area contributed by atoms with Crippen LogP contribution in [-0.2, 0) is 6.42 Å². The van der Waals surface area contributed by atoms with Gasteiger partial charge in [0.05, 0.1) is 5.10 Å². The van der Waals surface area contributed by atoms with Gasteiger partial charge in [0.25, 0.3) is 0 Å². The van der Waals surface area contributed by atoms with Crippen LogP contribution in [0.25, 0.3) is 16.7 Å². The summed E-state index contributed by atoms with van der Waals surface area (Å²) in [4.78, 5) is 1.74. The van der Waals surface area contributed by atoms with E-state index in [0.717, 1.165) is 10.4 Å². The number of nitrogens with zero attached hydrogens (tertiary/aromatic N) is 3. The summed E-state index contributed by atoms with van der Waals surface area (Å²) in [7, 11) is 0. The van der Waals surface area contributed by atoms with Gasteiger partial charge in [0.1, 0.15) is 5.75 Å².